The molecule has 0 radical (unpaired) electrons. The van der Waals surface area contributed by atoms with E-state index in [1.807, 2.05) is 11.3 Å². The molecule has 1 unspecified atom stereocenters. The maximum absolute atomic E-state index is 2.43. The van der Waals surface area contributed by atoms with Crippen molar-refractivity contribution in [2.24, 2.45) is 5.92 Å². The summed E-state index contributed by atoms with van der Waals surface area (Å²) in [6.07, 6.45) is 4.62. The first-order valence-corrected chi connectivity index (χ1v) is 11.7. The standard InChI is InChI=1S/C23H35NS2/c1-7-18-10-9-11-19(8-2)23(18)22(12-13-24(5)6)26-21-15-20(25-16-21)14-17(3)4/h9-11,15-17,22H,7-8,12-14H2,1-6H3. The van der Waals surface area contributed by atoms with E-state index >= 15 is 0 Å². The Labute approximate surface area is 169 Å². The lowest BCUT2D eigenvalue weighted by molar-refractivity contribution is 0.398. The molecule has 0 amide bonds. The fraction of sp³-hybridized carbons (Fsp3) is 0.565. The first kappa shape index (κ1) is 21.5. The Kier molecular flexibility index (Phi) is 8.72. The van der Waals surface area contributed by atoms with Gasteiger partial charge in [-0.25, -0.2) is 0 Å². The minimum absolute atomic E-state index is 0.532. The Morgan fingerprint density at radius 1 is 1.08 bits per heavy atom. The van der Waals surface area contributed by atoms with Crippen molar-refractivity contribution in [1.29, 1.82) is 0 Å². The van der Waals surface area contributed by atoms with Gasteiger partial charge >= 0.3 is 0 Å². The second kappa shape index (κ2) is 10.5. The predicted molar refractivity (Wildman–Crippen MR) is 120 cm³/mol. The molecule has 0 fully saturated rings. The van der Waals surface area contributed by atoms with Crippen LogP contribution in [0.3, 0.4) is 0 Å². The van der Waals surface area contributed by atoms with Crippen molar-refractivity contribution < 1.29 is 0 Å². The topological polar surface area (TPSA) is 3.24 Å². The van der Waals surface area contributed by atoms with Gasteiger partial charge in [0.25, 0.3) is 0 Å². The number of hydrogen-bond donors (Lipinski definition) is 0. The molecule has 1 nitrogen and oxygen atoms in total. The number of benzene rings is 1. The van der Waals surface area contributed by atoms with E-state index in [9.17, 15) is 0 Å². The fourth-order valence-corrected chi connectivity index (χ4v) is 6.01. The Morgan fingerprint density at radius 2 is 1.73 bits per heavy atom. The SMILES string of the molecule is CCc1cccc(CC)c1C(CCN(C)C)Sc1csc(CC(C)C)c1. The van der Waals surface area contributed by atoms with Gasteiger partial charge < -0.3 is 4.90 Å². The van der Waals surface area contributed by atoms with Gasteiger partial charge in [0, 0.05) is 20.4 Å². The molecule has 0 aliphatic carbocycles. The Hall–Kier alpha value is -0.770. The second-order valence-electron chi connectivity index (χ2n) is 7.74. The zero-order valence-corrected chi connectivity index (χ0v) is 19.0. The summed E-state index contributed by atoms with van der Waals surface area (Å²) in [6.45, 7) is 10.3. The van der Waals surface area contributed by atoms with Crippen molar-refractivity contribution in [1.82, 2.24) is 4.90 Å². The van der Waals surface area contributed by atoms with Crippen molar-refractivity contribution in [3.8, 4) is 0 Å². The van der Waals surface area contributed by atoms with Gasteiger partial charge in [-0.2, -0.15) is 0 Å². The van der Waals surface area contributed by atoms with E-state index in [2.05, 4.69) is 88.1 Å². The van der Waals surface area contributed by atoms with E-state index in [0.717, 1.165) is 25.3 Å². The van der Waals surface area contributed by atoms with Gasteiger partial charge in [0.1, 0.15) is 0 Å². The number of aryl methyl sites for hydroxylation is 2. The zero-order valence-electron chi connectivity index (χ0n) is 17.3. The maximum atomic E-state index is 2.43. The number of nitrogens with zero attached hydrogens (tertiary/aromatic N) is 1. The van der Waals surface area contributed by atoms with Crippen molar-refractivity contribution in [2.45, 2.75) is 63.5 Å². The highest BCUT2D eigenvalue weighted by Crippen LogP contribution is 2.42. The summed E-state index contributed by atoms with van der Waals surface area (Å²) in [5.74, 6) is 0.726. The second-order valence-corrected chi connectivity index (χ2v) is 10.0. The van der Waals surface area contributed by atoms with Crippen LogP contribution in [-0.2, 0) is 19.3 Å². The average Bonchev–Trinajstić information content (AvgIpc) is 3.03. The van der Waals surface area contributed by atoms with Crippen molar-refractivity contribution >= 4 is 23.1 Å². The molecule has 3 heteroatoms. The van der Waals surface area contributed by atoms with Gasteiger partial charge in [0.2, 0.25) is 0 Å². The first-order chi connectivity index (χ1) is 12.4. The van der Waals surface area contributed by atoms with E-state index in [1.165, 1.54) is 33.7 Å². The minimum Gasteiger partial charge on any atom is -0.309 e. The summed E-state index contributed by atoms with van der Waals surface area (Å²) >= 11 is 4.00. The Morgan fingerprint density at radius 3 is 2.27 bits per heavy atom. The summed E-state index contributed by atoms with van der Waals surface area (Å²) in [5, 5.41) is 2.90. The summed E-state index contributed by atoms with van der Waals surface area (Å²) < 4.78 is 0. The van der Waals surface area contributed by atoms with Crippen molar-refractivity contribution in [3.63, 3.8) is 0 Å². The minimum atomic E-state index is 0.532. The van der Waals surface area contributed by atoms with Gasteiger partial charge in [0.15, 0.2) is 0 Å². The van der Waals surface area contributed by atoms with Crippen LogP contribution >= 0.6 is 23.1 Å². The molecule has 0 spiro atoms. The molecule has 1 atom stereocenters. The van der Waals surface area contributed by atoms with Gasteiger partial charge in [-0.05, 0) is 75.0 Å². The van der Waals surface area contributed by atoms with Crippen molar-refractivity contribution in [3.05, 3.63) is 51.2 Å². The molecule has 0 saturated carbocycles. The highest BCUT2D eigenvalue weighted by molar-refractivity contribution is 7.99. The summed E-state index contributed by atoms with van der Waals surface area (Å²) in [6, 6.07) is 9.32. The van der Waals surface area contributed by atoms with Crippen LogP contribution in [-0.4, -0.2) is 25.5 Å². The monoisotopic (exact) mass is 389 g/mol. The average molecular weight is 390 g/mol. The van der Waals surface area contributed by atoms with Crippen LogP contribution in [0.2, 0.25) is 0 Å². The van der Waals surface area contributed by atoms with Gasteiger partial charge in [-0.3, -0.25) is 0 Å². The molecule has 1 aromatic carbocycles. The van der Waals surface area contributed by atoms with Crippen LogP contribution in [0.4, 0.5) is 0 Å². The van der Waals surface area contributed by atoms with Gasteiger partial charge in [-0.15, -0.1) is 23.1 Å². The van der Waals surface area contributed by atoms with E-state index in [0.29, 0.717) is 5.25 Å². The van der Waals surface area contributed by atoms with Crippen LogP contribution in [0.5, 0.6) is 0 Å². The number of thioether (sulfide) groups is 1. The number of hydrogen-bond acceptors (Lipinski definition) is 3. The Balaban J connectivity index is 2.30. The third-order valence-electron chi connectivity index (χ3n) is 4.73. The normalized spacial score (nSPS) is 12.9. The maximum Gasteiger partial charge on any atom is 0.0362 e. The molecule has 1 heterocycles. The third kappa shape index (κ3) is 6.14. The highest BCUT2D eigenvalue weighted by Gasteiger charge is 2.20. The molecule has 0 bridgehead atoms. The summed E-state index contributed by atoms with van der Waals surface area (Å²) in [4.78, 5) is 5.28. The molecule has 144 valence electrons. The van der Waals surface area contributed by atoms with E-state index in [-0.39, 0.29) is 0 Å². The number of rotatable bonds is 10. The molecular weight excluding hydrogens is 354 g/mol. The molecule has 0 aliphatic heterocycles. The van der Waals surface area contributed by atoms with Crippen LogP contribution in [0, 0.1) is 5.92 Å². The molecular formula is C23H35NS2. The van der Waals surface area contributed by atoms with Gasteiger partial charge in [0.05, 0.1) is 0 Å². The van der Waals surface area contributed by atoms with Gasteiger partial charge in [-0.1, -0.05) is 45.9 Å². The summed E-state index contributed by atoms with van der Waals surface area (Å²) in [5.41, 5.74) is 4.65. The first-order valence-electron chi connectivity index (χ1n) is 9.94. The smallest absolute Gasteiger partial charge is 0.0362 e. The molecule has 26 heavy (non-hydrogen) atoms. The molecule has 0 N–H and O–H groups in total. The van der Waals surface area contributed by atoms with E-state index < -0.39 is 0 Å². The van der Waals surface area contributed by atoms with Crippen LogP contribution in [0.15, 0.2) is 34.5 Å². The fourth-order valence-electron chi connectivity index (χ4n) is 3.43. The van der Waals surface area contributed by atoms with E-state index in [1.54, 1.807) is 5.56 Å². The van der Waals surface area contributed by atoms with Crippen molar-refractivity contribution in [2.75, 3.05) is 20.6 Å². The van der Waals surface area contributed by atoms with Crippen LogP contribution < -0.4 is 0 Å². The lowest BCUT2D eigenvalue weighted by atomic mass is 9.93. The predicted octanol–water partition coefficient (Wildman–Crippen LogP) is 6.86. The third-order valence-corrected chi connectivity index (χ3v) is 7.10. The molecule has 0 saturated heterocycles. The van der Waals surface area contributed by atoms with Crippen LogP contribution in [0.25, 0.3) is 0 Å². The zero-order chi connectivity index (χ0) is 19.1. The van der Waals surface area contributed by atoms with E-state index in [4.69, 9.17) is 0 Å². The Bertz CT molecular complexity index is 650. The lowest BCUT2D eigenvalue weighted by Gasteiger charge is -2.24. The number of thiophene rings is 1. The molecule has 0 aliphatic rings. The van der Waals surface area contributed by atoms with Crippen LogP contribution in [0.1, 0.15) is 60.9 Å². The molecule has 2 aromatic rings. The largest absolute Gasteiger partial charge is 0.309 e. The summed E-state index contributed by atoms with van der Waals surface area (Å²) in [7, 11) is 4.36. The quantitative estimate of drug-likeness (QED) is 0.408. The molecule has 1 aromatic heterocycles. The lowest BCUT2D eigenvalue weighted by Crippen LogP contribution is -2.16. The highest BCUT2D eigenvalue weighted by atomic mass is 32.2. The molecule has 2 rings (SSSR count).